The maximum Gasteiger partial charge on any atom is 0.344 e. The van der Waals surface area contributed by atoms with E-state index in [-0.39, 0.29) is 17.6 Å². The van der Waals surface area contributed by atoms with Gasteiger partial charge in [-0.25, -0.2) is 4.79 Å². The van der Waals surface area contributed by atoms with Gasteiger partial charge in [0.15, 0.2) is 30.5 Å². The smallest absolute Gasteiger partial charge is 0.344 e. The number of ether oxygens (including phenoxy) is 3. The van der Waals surface area contributed by atoms with Crippen LogP contribution >= 0.6 is 11.6 Å². The molecule has 1 atom stereocenters. The van der Waals surface area contributed by atoms with Gasteiger partial charge in [-0.1, -0.05) is 23.7 Å². The average Bonchev–Trinajstić information content (AvgIpc) is 2.70. The zero-order valence-electron chi connectivity index (χ0n) is 16.4. The number of halogens is 1. The molecule has 7 nitrogen and oxygen atoms in total. The van der Waals surface area contributed by atoms with E-state index in [0.717, 1.165) is 5.56 Å². The first-order chi connectivity index (χ1) is 13.8. The van der Waals surface area contributed by atoms with Gasteiger partial charge in [0.2, 0.25) is 0 Å². The summed E-state index contributed by atoms with van der Waals surface area (Å²) in [6.07, 6.45) is 0. The Kier molecular flexibility index (Phi) is 8.03. The molecule has 0 aliphatic carbocycles. The van der Waals surface area contributed by atoms with E-state index in [4.69, 9.17) is 25.8 Å². The van der Waals surface area contributed by atoms with Crippen LogP contribution in [-0.4, -0.2) is 38.0 Å². The normalized spacial score (nSPS) is 11.3. The Bertz CT molecular complexity index is 898. The van der Waals surface area contributed by atoms with Crippen molar-refractivity contribution >= 4 is 29.3 Å². The predicted octanol–water partition coefficient (Wildman–Crippen LogP) is 3.35. The summed E-state index contributed by atoms with van der Waals surface area (Å²) in [5.74, 6) is -0.679. The van der Waals surface area contributed by atoms with Gasteiger partial charge in [0.1, 0.15) is 0 Å². The largest absolute Gasteiger partial charge is 0.493 e. The van der Waals surface area contributed by atoms with Crippen molar-refractivity contribution in [3.63, 3.8) is 0 Å². The summed E-state index contributed by atoms with van der Waals surface area (Å²) in [5.41, 5.74) is 1.30. The minimum atomic E-state index is -0.715. The number of methoxy groups -OCH3 is 1. The SMILES string of the molecule is COc1cc(C(C)=O)ccc1OCC(=O)OCC(=O)N[C@@H](C)c1cccc(Cl)c1. The summed E-state index contributed by atoms with van der Waals surface area (Å²) >= 11 is 5.94. The monoisotopic (exact) mass is 419 g/mol. The lowest BCUT2D eigenvalue weighted by Gasteiger charge is -2.15. The second-order valence-corrected chi connectivity index (χ2v) is 6.65. The zero-order valence-corrected chi connectivity index (χ0v) is 17.1. The summed E-state index contributed by atoms with van der Waals surface area (Å²) in [6.45, 7) is 2.39. The number of hydrogen-bond donors (Lipinski definition) is 1. The van der Waals surface area contributed by atoms with Crippen LogP contribution in [0.3, 0.4) is 0 Å². The summed E-state index contributed by atoms with van der Waals surface area (Å²) in [5, 5.41) is 3.29. The Morgan fingerprint density at radius 1 is 1.07 bits per heavy atom. The first-order valence-corrected chi connectivity index (χ1v) is 9.20. The van der Waals surface area contributed by atoms with Gasteiger partial charge in [-0.05, 0) is 49.7 Å². The quantitative estimate of drug-likeness (QED) is 0.495. The molecule has 0 heterocycles. The molecule has 0 aliphatic heterocycles. The molecule has 8 heteroatoms. The molecule has 0 fully saturated rings. The number of benzene rings is 2. The number of esters is 1. The second-order valence-electron chi connectivity index (χ2n) is 6.22. The number of hydrogen-bond acceptors (Lipinski definition) is 6. The van der Waals surface area contributed by atoms with Gasteiger partial charge in [0, 0.05) is 10.6 Å². The molecule has 154 valence electrons. The lowest BCUT2D eigenvalue weighted by atomic mass is 10.1. The highest BCUT2D eigenvalue weighted by Gasteiger charge is 2.14. The molecule has 0 aliphatic rings. The van der Waals surface area contributed by atoms with Crippen LogP contribution in [0.5, 0.6) is 11.5 Å². The van der Waals surface area contributed by atoms with Gasteiger partial charge in [-0.2, -0.15) is 0 Å². The van der Waals surface area contributed by atoms with Crippen molar-refractivity contribution in [2.45, 2.75) is 19.9 Å². The van der Waals surface area contributed by atoms with E-state index in [1.807, 2.05) is 6.07 Å². The van der Waals surface area contributed by atoms with Crippen molar-refractivity contribution in [2.24, 2.45) is 0 Å². The molecule has 0 spiro atoms. The predicted molar refractivity (Wildman–Crippen MR) is 107 cm³/mol. The molecule has 0 radical (unpaired) electrons. The Balaban J connectivity index is 1.81. The molecule has 2 rings (SSSR count). The lowest BCUT2D eigenvalue weighted by molar-refractivity contribution is -0.150. The van der Waals surface area contributed by atoms with Crippen LogP contribution in [0.2, 0.25) is 5.02 Å². The number of rotatable bonds is 9. The second kappa shape index (κ2) is 10.5. The first-order valence-electron chi connectivity index (χ1n) is 8.82. The molecule has 2 aromatic rings. The Labute approximate surface area is 173 Å². The summed E-state index contributed by atoms with van der Waals surface area (Å²) in [6, 6.07) is 11.4. The molecule has 1 N–H and O–H groups in total. The van der Waals surface area contributed by atoms with Gasteiger partial charge in [-0.15, -0.1) is 0 Å². The third-order valence-corrected chi connectivity index (χ3v) is 4.24. The van der Waals surface area contributed by atoms with Gasteiger partial charge >= 0.3 is 5.97 Å². The summed E-state index contributed by atoms with van der Waals surface area (Å²) in [7, 11) is 1.43. The minimum absolute atomic E-state index is 0.118. The summed E-state index contributed by atoms with van der Waals surface area (Å²) < 4.78 is 15.4. The molecule has 0 saturated heterocycles. The Morgan fingerprint density at radius 3 is 2.48 bits per heavy atom. The molecular formula is C21H22ClNO6. The van der Waals surface area contributed by atoms with Gasteiger partial charge in [-0.3, -0.25) is 9.59 Å². The molecular weight excluding hydrogens is 398 g/mol. The van der Waals surface area contributed by atoms with Crippen LogP contribution in [0.15, 0.2) is 42.5 Å². The number of amides is 1. The van der Waals surface area contributed by atoms with E-state index in [1.54, 1.807) is 31.2 Å². The third-order valence-electron chi connectivity index (χ3n) is 4.01. The van der Waals surface area contributed by atoms with E-state index < -0.39 is 25.1 Å². The van der Waals surface area contributed by atoms with Crippen LogP contribution in [0.1, 0.15) is 35.8 Å². The van der Waals surface area contributed by atoms with E-state index in [9.17, 15) is 14.4 Å². The van der Waals surface area contributed by atoms with Crippen molar-refractivity contribution in [1.82, 2.24) is 5.32 Å². The fourth-order valence-corrected chi connectivity index (χ4v) is 2.67. The van der Waals surface area contributed by atoms with Gasteiger partial charge in [0.05, 0.1) is 13.2 Å². The van der Waals surface area contributed by atoms with Crippen molar-refractivity contribution in [1.29, 1.82) is 0 Å². The molecule has 2 aromatic carbocycles. The molecule has 0 unspecified atom stereocenters. The molecule has 1 amide bonds. The fourth-order valence-electron chi connectivity index (χ4n) is 2.47. The van der Waals surface area contributed by atoms with Crippen molar-refractivity contribution < 1.29 is 28.6 Å². The van der Waals surface area contributed by atoms with Crippen LogP contribution in [0, 0.1) is 0 Å². The van der Waals surface area contributed by atoms with E-state index in [0.29, 0.717) is 16.3 Å². The molecule has 0 saturated carbocycles. The number of nitrogens with one attached hydrogen (secondary N) is 1. The van der Waals surface area contributed by atoms with E-state index >= 15 is 0 Å². The van der Waals surface area contributed by atoms with Crippen LogP contribution in [-0.2, 0) is 14.3 Å². The Hall–Kier alpha value is -3.06. The van der Waals surface area contributed by atoms with Crippen molar-refractivity contribution in [3.05, 3.63) is 58.6 Å². The highest BCUT2D eigenvalue weighted by molar-refractivity contribution is 6.30. The third kappa shape index (κ3) is 6.80. The standard InChI is InChI=1S/C21H22ClNO6/c1-13(15-5-4-6-17(22)9-15)23-20(25)11-29-21(26)12-28-18-8-7-16(14(2)24)10-19(18)27-3/h4-10,13H,11-12H2,1-3H3,(H,23,25)/t13-/m0/s1. The van der Waals surface area contributed by atoms with Crippen molar-refractivity contribution in [2.75, 3.05) is 20.3 Å². The molecule has 0 bridgehead atoms. The average molecular weight is 420 g/mol. The topological polar surface area (TPSA) is 90.9 Å². The highest BCUT2D eigenvalue weighted by atomic mass is 35.5. The molecule has 0 aromatic heterocycles. The van der Waals surface area contributed by atoms with Gasteiger partial charge in [0.25, 0.3) is 5.91 Å². The van der Waals surface area contributed by atoms with E-state index in [2.05, 4.69) is 5.32 Å². The van der Waals surface area contributed by atoms with Gasteiger partial charge < -0.3 is 19.5 Å². The Morgan fingerprint density at radius 2 is 1.83 bits per heavy atom. The summed E-state index contributed by atoms with van der Waals surface area (Å²) in [4.78, 5) is 35.2. The maximum absolute atomic E-state index is 12.0. The van der Waals surface area contributed by atoms with E-state index in [1.165, 1.54) is 26.2 Å². The number of Topliss-reactive ketones (excluding diaryl/α,β-unsaturated/α-hetero) is 1. The number of ketones is 1. The van der Waals surface area contributed by atoms with Crippen LogP contribution < -0.4 is 14.8 Å². The van der Waals surface area contributed by atoms with Crippen LogP contribution in [0.4, 0.5) is 0 Å². The first kappa shape index (κ1) is 22.2. The van der Waals surface area contributed by atoms with Crippen molar-refractivity contribution in [3.8, 4) is 11.5 Å². The fraction of sp³-hybridized carbons (Fsp3) is 0.286. The minimum Gasteiger partial charge on any atom is -0.493 e. The van der Waals surface area contributed by atoms with Crippen LogP contribution in [0.25, 0.3) is 0 Å². The maximum atomic E-state index is 12.0. The number of carbonyl (C=O) groups excluding carboxylic acids is 3. The zero-order chi connectivity index (χ0) is 21.4. The number of carbonyl (C=O) groups is 3. The highest BCUT2D eigenvalue weighted by Crippen LogP contribution is 2.28. The molecule has 29 heavy (non-hydrogen) atoms. The lowest BCUT2D eigenvalue weighted by Crippen LogP contribution is -2.32.